The number of ether oxygens (including phenoxy) is 1. The zero-order valence-corrected chi connectivity index (χ0v) is 20.7. The average Bonchev–Trinajstić information content (AvgIpc) is 2.88. The molecule has 7 nitrogen and oxygen atoms in total. The minimum Gasteiger partial charge on any atom is -0.550 e. The summed E-state index contributed by atoms with van der Waals surface area (Å²) in [5, 5.41) is 11.4. The van der Waals surface area contributed by atoms with Crippen LogP contribution in [-0.4, -0.2) is 69.7 Å². The second kappa shape index (κ2) is 11.9. The van der Waals surface area contributed by atoms with E-state index in [0.29, 0.717) is 19.0 Å². The van der Waals surface area contributed by atoms with Gasteiger partial charge in [-0.2, -0.15) is 0 Å². The number of piperazine rings is 1. The Kier molecular flexibility index (Phi) is 8.70. The first kappa shape index (κ1) is 24.8. The van der Waals surface area contributed by atoms with Gasteiger partial charge >= 0.3 is 0 Å². The summed E-state index contributed by atoms with van der Waals surface area (Å²) in [6.07, 6.45) is 7.47. The third-order valence-electron chi connectivity index (χ3n) is 8.35. The number of anilines is 1. The Balaban J connectivity index is 1.31. The number of hydrogen-bond acceptors (Lipinski definition) is 5. The third-order valence-corrected chi connectivity index (χ3v) is 8.35. The Bertz CT molecular complexity index is 818. The summed E-state index contributed by atoms with van der Waals surface area (Å²) in [6, 6.07) is 8.18. The molecule has 0 radical (unpaired) electrons. The number of carbonyl (C=O) groups excluding carboxylic acids is 2. The second-order valence-electron chi connectivity index (χ2n) is 10.5. The van der Waals surface area contributed by atoms with Gasteiger partial charge in [-0.25, -0.2) is 0 Å². The van der Waals surface area contributed by atoms with Crippen LogP contribution in [0.3, 0.4) is 0 Å². The van der Waals surface area contributed by atoms with Gasteiger partial charge < -0.3 is 29.3 Å². The summed E-state index contributed by atoms with van der Waals surface area (Å²) in [4.78, 5) is 30.5. The van der Waals surface area contributed by atoms with Crippen molar-refractivity contribution in [2.75, 3.05) is 57.8 Å². The summed E-state index contributed by atoms with van der Waals surface area (Å²) in [5.74, 6) is 0.824. The van der Waals surface area contributed by atoms with E-state index < -0.39 is 5.97 Å². The molecule has 188 valence electrons. The van der Waals surface area contributed by atoms with E-state index in [2.05, 4.69) is 21.9 Å². The maximum atomic E-state index is 13.1. The van der Waals surface area contributed by atoms with Crippen molar-refractivity contribution in [1.29, 1.82) is 0 Å². The Morgan fingerprint density at radius 3 is 2.47 bits per heavy atom. The number of piperidine rings is 1. The van der Waals surface area contributed by atoms with Crippen molar-refractivity contribution in [3.05, 3.63) is 24.3 Å². The van der Waals surface area contributed by atoms with Crippen LogP contribution in [0.4, 0.5) is 5.69 Å². The predicted octanol–water partition coefficient (Wildman–Crippen LogP) is 0.975. The van der Waals surface area contributed by atoms with E-state index in [1.807, 2.05) is 12.1 Å². The van der Waals surface area contributed by atoms with Gasteiger partial charge in [0.2, 0.25) is 5.91 Å². The number of rotatable bonds is 8. The Morgan fingerprint density at radius 2 is 1.76 bits per heavy atom. The fraction of sp³-hybridized carbons (Fsp3) is 0.704. The molecule has 1 amide bonds. The van der Waals surface area contributed by atoms with Gasteiger partial charge in [0.25, 0.3) is 0 Å². The van der Waals surface area contributed by atoms with Crippen LogP contribution in [0.2, 0.25) is 0 Å². The molecule has 1 aliphatic carbocycles. The molecular weight excluding hydrogens is 430 g/mol. The fourth-order valence-corrected chi connectivity index (χ4v) is 6.29. The molecule has 1 saturated carbocycles. The number of para-hydroxylation sites is 2. The van der Waals surface area contributed by atoms with Crippen LogP contribution in [0.5, 0.6) is 5.75 Å². The second-order valence-corrected chi connectivity index (χ2v) is 10.5. The summed E-state index contributed by atoms with van der Waals surface area (Å²) >= 11 is 0. The quantitative estimate of drug-likeness (QED) is 0.612. The number of benzene rings is 1. The number of methoxy groups -OCH3 is 1. The molecule has 2 atom stereocenters. The molecular formula is C27H41N3O4. The molecule has 0 spiro atoms. The van der Waals surface area contributed by atoms with E-state index in [4.69, 9.17) is 4.74 Å². The lowest BCUT2D eigenvalue weighted by molar-refractivity contribution is -0.901. The number of aliphatic carboxylic acids is 1. The lowest BCUT2D eigenvalue weighted by Gasteiger charge is -2.41. The number of quaternary nitrogens is 1. The molecule has 0 bridgehead atoms. The fourth-order valence-electron chi connectivity index (χ4n) is 6.29. The molecule has 4 rings (SSSR count). The Hall–Kier alpha value is -2.28. The summed E-state index contributed by atoms with van der Waals surface area (Å²) in [5.41, 5.74) is 1.15. The zero-order chi connectivity index (χ0) is 23.9. The highest BCUT2D eigenvalue weighted by Gasteiger charge is 2.35. The lowest BCUT2D eigenvalue weighted by Crippen LogP contribution is -3.15. The van der Waals surface area contributed by atoms with E-state index in [1.165, 1.54) is 6.42 Å². The van der Waals surface area contributed by atoms with Gasteiger partial charge in [0.05, 0.1) is 45.5 Å². The molecule has 0 unspecified atom stereocenters. The van der Waals surface area contributed by atoms with E-state index in [1.54, 1.807) is 12.0 Å². The van der Waals surface area contributed by atoms with Crippen LogP contribution in [0, 0.1) is 17.8 Å². The van der Waals surface area contributed by atoms with Crippen LogP contribution >= 0.6 is 0 Å². The largest absolute Gasteiger partial charge is 0.550 e. The van der Waals surface area contributed by atoms with E-state index >= 15 is 0 Å². The van der Waals surface area contributed by atoms with E-state index in [0.717, 1.165) is 82.7 Å². The topological polar surface area (TPSA) is 77.3 Å². The maximum Gasteiger partial charge on any atom is 0.225 e. The first-order valence-electron chi connectivity index (χ1n) is 13.2. The number of nitrogens with one attached hydrogen (secondary N) is 1. The highest BCUT2D eigenvalue weighted by atomic mass is 16.5. The van der Waals surface area contributed by atoms with Crippen molar-refractivity contribution >= 4 is 17.6 Å². The lowest BCUT2D eigenvalue weighted by atomic mass is 9.80. The Morgan fingerprint density at radius 1 is 1.03 bits per heavy atom. The van der Waals surface area contributed by atoms with Gasteiger partial charge in [0.1, 0.15) is 5.75 Å². The van der Waals surface area contributed by atoms with Gasteiger partial charge in [-0.05, 0) is 49.7 Å². The summed E-state index contributed by atoms with van der Waals surface area (Å²) in [7, 11) is 1.72. The molecule has 1 N–H and O–H groups in total. The van der Waals surface area contributed by atoms with Gasteiger partial charge in [-0.15, -0.1) is 0 Å². The maximum absolute atomic E-state index is 13.1. The van der Waals surface area contributed by atoms with Crippen molar-refractivity contribution in [1.82, 2.24) is 4.90 Å². The van der Waals surface area contributed by atoms with E-state index in [9.17, 15) is 14.7 Å². The molecule has 2 heterocycles. The number of carbonyl (C=O) groups is 2. The smallest absolute Gasteiger partial charge is 0.225 e. The number of hydrogen-bond donors (Lipinski definition) is 1. The minimum atomic E-state index is -0.958. The van der Waals surface area contributed by atoms with Gasteiger partial charge in [-0.3, -0.25) is 4.79 Å². The first-order chi connectivity index (χ1) is 16.5. The standard InChI is InChI=1S/C27H41N3O4/c1-34-25-10-6-5-9-24(25)29-17-15-28(16-18-29)13-11-23-20-30(14-12-22(23)19-26(31)32)27(33)21-7-3-2-4-8-21/h5-6,9-10,21-23H,2-4,7-8,11-20H2,1H3,(H,31,32)/t22-,23-/m0/s1. The highest BCUT2D eigenvalue weighted by molar-refractivity contribution is 5.79. The van der Waals surface area contributed by atoms with Gasteiger partial charge in [0.15, 0.2) is 0 Å². The molecule has 3 fully saturated rings. The number of nitrogens with zero attached hydrogens (tertiary/aromatic N) is 2. The zero-order valence-electron chi connectivity index (χ0n) is 20.7. The van der Waals surface area contributed by atoms with Gasteiger partial charge in [0, 0.05) is 31.4 Å². The SMILES string of the molecule is COc1ccccc1N1CC[NH+](CC[C@H]2CN(C(=O)C3CCCCC3)CC[C@H]2CC(=O)[O-])CC1. The van der Waals surface area contributed by atoms with Crippen molar-refractivity contribution in [2.45, 2.75) is 51.4 Å². The normalized spacial score (nSPS) is 24.7. The number of amides is 1. The monoisotopic (exact) mass is 471 g/mol. The summed E-state index contributed by atoms with van der Waals surface area (Å²) < 4.78 is 5.54. The minimum absolute atomic E-state index is 0.118. The molecule has 7 heteroatoms. The predicted molar refractivity (Wildman–Crippen MR) is 130 cm³/mol. The van der Waals surface area contributed by atoms with Crippen molar-refractivity contribution in [2.24, 2.45) is 17.8 Å². The van der Waals surface area contributed by atoms with Gasteiger partial charge in [-0.1, -0.05) is 31.4 Å². The van der Waals surface area contributed by atoms with Crippen molar-refractivity contribution in [3.63, 3.8) is 0 Å². The highest BCUT2D eigenvalue weighted by Crippen LogP contribution is 2.32. The van der Waals surface area contributed by atoms with Crippen LogP contribution in [0.25, 0.3) is 0 Å². The molecule has 34 heavy (non-hydrogen) atoms. The van der Waals surface area contributed by atoms with Crippen LogP contribution < -0.4 is 19.6 Å². The third kappa shape index (κ3) is 6.23. The van der Waals surface area contributed by atoms with Crippen LogP contribution in [-0.2, 0) is 9.59 Å². The van der Waals surface area contributed by atoms with Crippen LogP contribution in [0.15, 0.2) is 24.3 Å². The number of likely N-dealkylation sites (tertiary alicyclic amines) is 1. The van der Waals surface area contributed by atoms with Crippen LogP contribution in [0.1, 0.15) is 51.4 Å². The molecule has 2 aliphatic heterocycles. The van der Waals surface area contributed by atoms with Crippen molar-refractivity contribution in [3.8, 4) is 5.75 Å². The summed E-state index contributed by atoms with van der Waals surface area (Å²) in [6.45, 7) is 6.52. The van der Waals surface area contributed by atoms with Crippen molar-refractivity contribution < 1.29 is 24.3 Å². The number of carboxylic acids is 1. The molecule has 3 aliphatic rings. The average molecular weight is 472 g/mol. The molecule has 2 saturated heterocycles. The first-order valence-corrected chi connectivity index (χ1v) is 13.2. The Labute approximate surface area is 204 Å². The number of carboxylic acid groups (broad SMARTS) is 1. The molecule has 1 aromatic rings. The molecule has 0 aromatic heterocycles. The van der Waals surface area contributed by atoms with E-state index in [-0.39, 0.29) is 24.2 Å². The molecule has 1 aromatic carbocycles.